The van der Waals surface area contributed by atoms with Crippen molar-refractivity contribution in [3.63, 3.8) is 0 Å². The number of halogens is 3. The summed E-state index contributed by atoms with van der Waals surface area (Å²) in [5.74, 6) is 0. The van der Waals surface area contributed by atoms with Crippen LogP contribution in [0.5, 0.6) is 0 Å². The van der Waals surface area contributed by atoms with E-state index in [1.54, 1.807) is 0 Å². The molecule has 0 bridgehead atoms. The van der Waals surface area contributed by atoms with E-state index >= 15 is 0 Å². The minimum atomic E-state index is -5.66. The maximum atomic E-state index is 13.9. The van der Waals surface area contributed by atoms with Crippen molar-refractivity contribution >= 4 is 21.5 Å². The van der Waals surface area contributed by atoms with Crippen LogP contribution in [0.3, 0.4) is 0 Å². The van der Waals surface area contributed by atoms with Crippen molar-refractivity contribution in [3.8, 4) is 0 Å². The number of hydrogen-bond donors (Lipinski definition) is 1. The van der Waals surface area contributed by atoms with Crippen LogP contribution >= 0.6 is 0 Å². The van der Waals surface area contributed by atoms with Crippen LogP contribution < -0.4 is 0 Å². The van der Waals surface area contributed by atoms with Crippen LogP contribution in [0.2, 0.25) is 0 Å². The number of hydrogen-bond acceptors (Lipinski definition) is 1. The molecular weight excluding hydrogens is 265 g/mol. The summed E-state index contributed by atoms with van der Waals surface area (Å²) in [7, 11) is 0. The van der Waals surface area contributed by atoms with E-state index in [1.807, 2.05) is 0 Å². The standard InChI is InChI=1S/C16H11F3O/c17-16(18,19)15(20)14-12-7-3-1-5-10(12)9-11-6-2-4-8-13(11)14/h1-9,15,20H/i1D,2D,3D,4D,5D,6D,7D,8D,9D,15D,20D. The lowest BCUT2D eigenvalue weighted by Crippen LogP contribution is -2.20. The van der Waals surface area contributed by atoms with Gasteiger partial charge in [0.25, 0.3) is 0 Å². The van der Waals surface area contributed by atoms with Crippen molar-refractivity contribution in [1.29, 1.82) is 1.43 Å². The van der Waals surface area contributed by atoms with E-state index in [0.717, 1.165) is 0 Å². The van der Waals surface area contributed by atoms with Gasteiger partial charge in [-0.25, -0.2) is 0 Å². The van der Waals surface area contributed by atoms with Crippen molar-refractivity contribution in [3.05, 3.63) is 59.9 Å². The Bertz CT molecular complexity index is 1190. The largest absolute Gasteiger partial charge is 0.418 e. The van der Waals surface area contributed by atoms with Crippen molar-refractivity contribution in [2.24, 2.45) is 0 Å². The van der Waals surface area contributed by atoms with E-state index in [-0.39, 0.29) is 0 Å². The molecule has 0 amide bonds. The molecule has 0 aliphatic heterocycles. The first-order valence-corrected chi connectivity index (χ1v) is 5.27. The first-order valence-electron chi connectivity index (χ1n) is 10.7. The number of aliphatic hydroxyl groups is 1. The van der Waals surface area contributed by atoms with Gasteiger partial charge in [-0.05, 0) is 27.6 Å². The maximum Gasteiger partial charge on any atom is 0.418 e. The monoisotopic (exact) mass is 287 g/mol. The molecule has 20 heavy (non-hydrogen) atoms. The molecule has 1 atom stereocenters. The van der Waals surface area contributed by atoms with Crippen molar-refractivity contribution in [2.75, 3.05) is 0 Å². The van der Waals surface area contributed by atoms with Crippen LogP contribution in [0.4, 0.5) is 13.2 Å². The molecule has 0 spiro atoms. The number of rotatable bonds is 2. The fourth-order valence-electron chi connectivity index (χ4n) is 1.81. The van der Waals surface area contributed by atoms with Crippen LogP contribution in [-0.4, -0.2) is 12.7 Å². The minimum Gasteiger partial charge on any atom is -0.379 e. The van der Waals surface area contributed by atoms with Crippen molar-refractivity contribution < 1.29 is 32.0 Å². The summed E-state index contributed by atoms with van der Waals surface area (Å²) in [5.41, 5.74) is -1.42. The second-order valence-corrected chi connectivity index (χ2v) is 3.83. The fourth-order valence-corrected chi connectivity index (χ4v) is 1.81. The fraction of sp³-hybridized carbons (Fsp3) is 0.125. The van der Waals surface area contributed by atoms with E-state index in [4.69, 9.17) is 15.1 Å². The van der Waals surface area contributed by atoms with Gasteiger partial charge >= 0.3 is 6.18 Å². The predicted molar refractivity (Wildman–Crippen MR) is 72.5 cm³/mol. The molecule has 0 aliphatic rings. The SMILES string of the molecule is [2H]OC([2H])(c1c2c([2H])c([2H])c([2H])c([2H])c2c([2H])c2c([2H])c([2H])c([2H])c([2H])c12)C(F)(F)F. The van der Waals surface area contributed by atoms with Gasteiger partial charge in [0.15, 0.2) is 6.08 Å². The topological polar surface area (TPSA) is 20.2 Å². The Hall–Kier alpha value is -2.07. The highest BCUT2D eigenvalue weighted by atomic mass is 19.4. The lowest BCUT2D eigenvalue weighted by Gasteiger charge is -2.19. The van der Waals surface area contributed by atoms with Gasteiger partial charge in [-0.2, -0.15) is 13.2 Å². The van der Waals surface area contributed by atoms with Crippen LogP contribution in [-0.2, 0) is 0 Å². The molecule has 0 aliphatic carbocycles. The highest BCUT2D eigenvalue weighted by molar-refractivity contribution is 6.02. The van der Waals surface area contributed by atoms with E-state index in [1.165, 1.54) is 0 Å². The molecule has 1 nitrogen and oxygen atoms in total. The molecule has 0 heterocycles. The van der Waals surface area contributed by atoms with Gasteiger partial charge in [-0.1, -0.05) is 48.3 Å². The summed E-state index contributed by atoms with van der Waals surface area (Å²) in [4.78, 5) is 0. The Morgan fingerprint density at radius 2 is 1.50 bits per heavy atom. The zero-order valence-corrected chi connectivity index (χ0v) is 9.54. The highest BCUT2D eigenvalue weighted by Crippen LogP contribution is 2.40. The average molecular weight is 287 g/mol. The third-order valence-electron chi connectivity index (χ3n) is 2.61. The Kier molecular flexibility index (Phi) is 1.21. The highest BCUT2D eigenvalue weighted by Gasteiger charge is 2.41. The molecule has 0 saturated carbocycles. The van der Waals surface area contributed by atoms with Crippen LogP contribution in [0.15, 0.2) is 54.4 Å². The first kappa shape index (κ1) is 5.37. The zero-order valence-electron chi connectivity index (χ0n) is 20.5. The Balaban J connectivity index is 2.93. The average Bonchev–Trinajstić information content (AvgIpc) is 2.70. The third-order valence-corrected chi connectivity index (χ3v) is 2.61. The molecule has 3 aromatic carbocycles. The van der Waals surface area contributed by atoms with Gasteiger partial charge in [0.1, 0.15) is 0 Å². The van der Waals surface area contributed by atoms with Gasteiger partial charge in [0.05, 0.1) is 13.7 Å². The minimum absolute atomic E-state index is 0.795. The summed E-state index contributed by atoms with van der Waals surface area (Å²) in [5, 5.41) is 0.125. The van der Waals surface area contributed by atoms with Gasteiger partial charge in [-0.3, -0.25) is 0 Å². The molecule has 0 saturated heterocycles. The van der Waals surface area contributed by atoms with Gasteiger partial charge in [-0.15, -0.1) is 0 Å². The molecule has 102 valence electrons. The van der Waals surface area contributed by atoms with E-state index in [2.05, 4.69) is 5.11 Å². The molecule has 1 N–H and O–H groups in total. The zero-order chi connectivity index (χ0) is 23.8. The molecular formula is C16H11F3O. The van der Waals surface area contributed by atoms with Gasteiger partial charge in [0, 0.05) is 5.56 Å². The molecule has 0 radical (unpaired) electrons. The smallest absolute Gasteiger partial charge is 0.379 e. The van der Waals surface area contributed by atoms with Gasteiger partial charge in [0.2, 0.25) is 1.43 Å². The second-order valence-electron chi connectivity index (χ2n) is 3.83. The molecule has 0 fully saturated rings. The van der Waals surface area contributed by atoms with E-state index in [0.29, 0.717) is 0 Å². The Morgan fingerprint density at radius 1 is 1.00 bits per heavy atom. The number of fused-ring (bicyclic) bond motifs is 2. The summed E-state index contributed by atoms with van der Waals surface area (Å²) < 4.78 is 128. The van der Waals surface area contributed by atoms with Crippen LogP contribution in [0, 0.1) is 0 Å². The maximum absolute atomic E-state index is 13.9. The van der Waals surface area contributed by atoms with E-state index < -0.39 is 93.7 Å². The lowest BCUT2D eigenvalue weighted by molar-refractivity contribution is -0.205. The molecule has 4 heteroatoms. The molecule has 1 unspecified atom stereocenters. The number of benzene rings is 3. The molecule has 3 aromatic rings. The predicted octanol–water partition coefficient (Wildman–Crippen LogP) is 4.59. The quantitative estimate of drug-likeness (QED) is 0.684. The Morgan fingerprint density at radius 3 is 1.95 bits per heavy atom. The van der Waals surface area contributed by atoms with Crippen molar-refractivity contribution in [1.82, 2.24) is 0 Å². The summed E-state index contributed by atoms with van der Waals surface area (Å²) in [6.07, 6.45) is -9.96. The summed E-state index contributed by atoms with van der Waals surface area (Å²) in [6.45, 7) is 0. The first-order chi connectivity index (χ1) is 14.1. The summed E-state index contributed by atoms with van der Waals surface area (Å²) >= 11 is 0. The number of alkyl halides is 3. The van der Waals surface area contributed by atoms with Crippen molar-refractivity contribution in [2.45, 2.75) is 12.3 Å². The van der Waals surface area contributed by atoms with E-state index in [9.17, 15) is 13.2 Å². The third kappa shape index (κ3) is 2.02. The molecule has 0 aromatic heterocycles. The second kappa shape index (κ2) is 4.49. The molecule has 3 rings (SSSR count). The normalized spacial score (nSPS) is 23.1. The Labute approximate surface area is 128 Å². The van der Waals surface area contributed by atoms with Crippen LogP contribution in [0.1, 0.15) is 25.4 Å². The van der Waals surface area contributed by atoms with Gasteiger partial charge < -0.3 is 5.11 Å². The van der Waals surface area contributed by atoms with Crippen LogP contribution in [0.25, 0.3) is 21.5 Å². The summed E-state index contributed by atoms with van der Waals surface area (Å²) in [6, 6.07) is -8.68. The lowest BCUT2D eigenvalue weighted by atomic mass is 9.93.